The van der Waals surface area contributed by atoms with Crippen molar-refractivity contribution in [1.29, 1.82) is 0 Å². The first-order valence-electron chi connectivity index (χ1n) is 9.34. The molecule has 0 atom stereocenters. The van der Waals surface area contributed by atoms with Crippen LogP contribution in [0.15, 0.2) is 53.2 Å². The molecule has 4 rings (SSSR count). The minimum absolute atomic E-state index is 0.0904. The molecule has 2 heterocycles. The average molecular weight is 464 g/mol. The molecule has 0 saturated carbocycles. The number of morpholine rings is 1. The molecule has 1 saturated heterocycles. The van der Waals surface area contributed by atoms with Gasteiger partial charge in [0.05, 0.1) is 23.9 Å². The molecule has 2 aromatic carbocycles. The van der Waals surface area contributed by atoms with Crippen LogP contribution in [0.3, 0.4) is 0 Å². The highest BCUT2D eigenvalue weighted by molar-refractivity contribution is 6.53. The Morgan fingerprint density at radius 3 is 2.48 bits per heavy atom. The van der Waals surface area contributed by atoms with Gasteiger partial charge < -0.3 is 15.0 Å². The predicted molar refractivity (Wildman–Crippen MR) is 114 cm³/mol. The van der Waals surface area contributed by atoms with Crippen LogP contribution in [0.25, 0.3) is 0 Å². The van der Waals surface area contributed by atoms with E-state index in [-0.39, 0.29) is 27.3 Å². The van der Waals surface area contributed by atoms with Gasteiger partial charge in [0, 0.05) is 24.3 Å². The fraction of sp³-hybridized carbons (Fsp3) is 0.190. The van der Waals surface area contributed by atoms with Gasteiger partial charge in [-0.25, -0.2) is 9.29 Å². The van der Waals surface area contributed by atoms with E-state index in [1.54, 1.807) is 29.2 Å². The number of benzene rings is 2. The topological polar surface area (TPSA) is 79.0 Å². The quantitative estimate of drug-likeness (QED) is 0.703. The standard InChI is InChI=1S/C21H16Cl2FN3O4/c22-15-11-14(4-5-16(15)24)27-20(29)17(23)18(21(27)30)25-13-3-1-2-12(10-13)19(28)26-6-8-31-9-7-26/h1-5,10-11,25H,6-9H2. The van der Waals surface area contributed by atoms with Crippen molar-refractivity contribution in [2.75, 3.05) is 36.5 Å². The van der Waals surface area contributed by atoms with Crippen molar-refractivity contribution < 1.29 is 23.5 Å². The highest BCUT2D eigenvalue weighted by atomic mass is 35.5. The number of amides is 3. The Morgan fingerprint density at radius 1 is 1.03 bits per heavy atom. The van der Waals surface area contributed by atoms with E-state index in [0.717, 1.165) is 11.0 Å². The van der Waals surface area contributed by atoms with Crippen molar-refractivity contribution in [3.63, 3.8) is 0 Å². The maximum atomic E-state index is 13.5. The zero-order valence-corrected chi connectivity index (χ0v) is 17.5. The summed E-state index contributed by atoms with van der Waals surface area (Å²) in [5, 5.41) is 2.27. The van der Waals surface area contributed by atoms with E-state index in [4.69, 9.17) is 27.9 Å². The Hall–Kier alpha value is -2.94. The number of carbonyl (C=O) groups excluding carboxylic acids is 3. The lowest BCUT2D eigenvalue weighted by Gasteiger charge is -2.27. The minimum atomic E-state index is -0.766. The summed E-state index contributed by atoms with van der Waals surface area (Å²) in [5.41, 5.74) is 0.769. The van der Waals surface area contributed by atoms with E-state index in [0.29, 0.717) is 37.6 Å². The summed E-state index contributed by atoms with van der Waals surface area (Å²) >= 11 is 11.9. The molecular formula is C21H16Cl2FN3O4. The first-order valence-corrected chi connectivity index (χ1v) is 10.1. The van der Waals surface area contributed by atoms with Crippen molar-refractivity contribution >= 4 is 52.3 Å². The smallest absolute Gasteiger partial charge is 0.283 e. The Balaban J connectivity index is 1.56. The molecule has 0 spiro atoms. The normalized spacial score (nSPS) is 16.9. The SMILES string of the molecule is O=C(c1cccc(NC2=C(Cl)C(=O)N(c3ccc(F)c(Cl)c3)C2=O)c1)N1CCOCC1. The number of hydrogen-bond donors (Lipinski definition) is 1. The van der Waals surface area contributed by atoms with E-state index in [1.807, 2.05) is 0 Å². The number of ether oxygens (including phenoxy) is 1. The van der Waals surface area contributed by atoms with Crippen molar-refractivity contribution in [1.82, 2.24) is 4.90 Å². The van der Waals surface area contributed by atoms with Gasteiger partial charge in [-0.3, -0.25) is 14.4 Å². The molecule has 160 valence electrons. The lowest BCUT2D eigenvalue weighted by Crippen LogP contribution is -2.40. The molecule has 2 aliphatic heterocycles. The van der Waals surface area contributed by atoms with Crippen LogP contribution in [0.4, 0.5) is 15.8 Å². The molecule has 2 aliphatic rings. The zero-order valence-electron chi connectivity index (χ0n) is 16.0. The predicted octanol–water partition coefficient (Wildman–Crippen LogP) is 3.39. The summed E-state index contributed by atoms with van der Waals surface area (Å²) < 4.78 is 18.7. The van der Waals surface area contributed by atoms with Gasteiger partial charge >= 0.3 is 0 Å². The molecule has 0 radical (unpaired) electrons. The second kappa shape index (κ2) is 8.66. The van der Waals surface area contributed by atoms with Crippen LogP contribution in [0.1, 0.15) is 10.4 Å². The van der Waals surface area contributed by atoms with Gasteiger partial charge in [-0.1, -0.05) is 29.3 Å². The Kier molecular flexibility index (Phi) is 5.95. The molecule has 7 nitrogen and oxygen atoms in total. The van der Waals surface area contributed by atoms with Crippen LogP contribution in [-0.2, 0) is 14.3 Å². The van der Waals surface area contributed by atoms with Gasteiger partial charge in [0.2, 0.25) is 0 Å². The number of anilines is 2. The maximum Gasteiger partial charge on any atom is 0.283 e. The second-order valence-corrected chi connectivity index (χ2v) is 7.63. The molecule has 1 N–H and O–H groups in total. The second-order valence-electron chi connectivity index (χ2n) is 6.84. The summed E-state index contributed by atoms with van der Waals surface area (Å²) in [6.45, 7) is 1.95. The van der Waals surface area contributed by atoms with Crippen LogP contribution in [-0.4, -0.2) is 48.9 Å². The summed E-state index contributed by atoms with van der Waals surface area (Å²) in [4.78, 5) is 40.6. The van der Waals surface area contributed by atoms with Crippen LogP contribution in [0.5, 0.6) is 0 Å². The van der Waals surface area contributed by atoms with Crippen LogP contribution in [0.2, 0.25) is 5.02 Å². The fourth-order valence-electron chi connectivity index (χ4n) is 3.29. The van der Waals surface area contributed by atoms with Crippen LogP contribution in [0, 0.1) is 5.82 Å². The lowest BCUT2D eigenvalue weighted by atomic mass is 10.1. The van der Waals surface area contributed by atoms with Gasteiger partial charge in [0.1, 0.15) is 16.5 Å². The molecule has 0 unspecified atom stereocenters. The number of hydrogen-bond acceptors (Lipinski definition) is 5. The van der Waals surface area contributed by atoms with Crippen LogP contribution < -0.4 is 10.2 Å². The number of imide groups is 1. The Morgan fingerprint density at radius 2 is 1.77 bits per heavy atom. The molecule has 0 aromatic heterocycles. The third kappa shape index (κ3) is 4.14. The van der Waals surface area contributed by atoms with Gasteiger partial charge in [0.25, 0.3) is 17.7 Å². The lowest BCUT2D eigenvalue weighted by molar-refractivity contribution is -0.120. The van der Waals surface area contributed by atoms with E-state index in [9.17, 15) is 18.8 Å². The van der Waals surface area contributed by atoms with Crippen LogP contribution >= 0.6 is 23.2 Å². The van der Waals surface area contributed by atoms with E-state index in [1.165, 1.54) is 12.1 Å². The number of nitrogens with one attached hydrogen (secondary N) is 1. The van der Waals surface area contributed by atoms with E-state index >= 15 is 0 Å². The first kappa shape index (κ1) is 21.3. The molecule has 3 amide bonds. The zero-order chi connectivity index (χ0) is 22.1. The minimum Gasteiger partial charge on any atom is -0.378 e. The highest BCUT2D eigenvalue weighted by Crippen LogP contribution is 2.32. The fourth-order valence-corrected chi connectivity index (χ4v) is 3.68. The molecule has 31 heavy (non-hydrogen) atoms. The third-order valence-corrected chi connectivity index (χ3v) is 5.51. The van der Waals surface area contributed by atoms with Crippen molar-refractivity contribution in [2.24, 2.45) is 0 Å². The van der Waals surface area contributed by atoms with Gasteiger partial charge in [-0.05, 0) is 36.4 Å². The molecule has 0 bridgehead atoms. The van der Waals surface area contributed by atoms with E-state index in [2.05, 4.69) is 5.32 Å². The van der Waals surface area contributed by atoms with Gasteiger partial charge in [0.15, 0.2) is 0 Å². The molecule has 0 aliphatic carbocycles. The highest BCUT2D eigenvalue weighted by Gasteiger charge is 2.39. The van der Waals surface area contributed by atoms with Crippen molar-refractivity contribution in [3.8, 4) is 0 Å². The summed E-state index contributed by atoms with van der Waals surface area (Å²) in [7, 11) is 0. The first-order chi connectivity index (χ1) is 14.9. The molecular weight excluding hydrogens is 448 g/mol. The van der Waals surface area contributed by atoms with Gasteiger partial charge in [-0.2, -0.15) is 0 Å². The number of nitrogens with zero attached hydrogens (tertiary/aromatic N) is 2. The molecule has 1 fully saturated rings. The largest absolute Gasteiger partial charge is 0.378 e. The Bertz CT molecular complexity index is 1120. The number of carbonyl (C=O) groups is 3. The average Bonchev–Trinajstić information content (AvgIpc) is 2.99. The van der Waals surface area contributed by atoms with Gasteiger partial charge in [-0.15, -0.1) is 0 Å². The van der Waals surface area contributed by atoms with Crippen molar-refractivity contribution in [2.45, 2.75) is 0 Å². The summed E-state index contributed by atoms with van der Waals surface area (Å²) in [6, 6.07) is 10.0. The van der Waals surface area contributed by atoms with E-state index < -0.39 is 17.6 Å². The molecule has 10 heteroatoms. The third-order valence-electron chi connectivity index (χ3n) is 4.87. The Labute approximate surface area is 187 Å². The summed E-state index contributed by atoms with van der Waals surface area (Å²) in [6.07, 6.45) is 0. The monoisotopic (exact) mass is 463 g/mol. The number of rotatable bonds is 4. The summed E-state index contributed by atoms with van der Waals surface area (Å²) in [5.74, 6) is -2.33. The number of halogens is 3. The molecule has 2 aromatic rings. The van der Waals surface area contributed by atoms with Crippen molar-refractivity contribution in [3.05, 3.63) is 69.6 Å². The maximum absolute atomic E-state index is 13.5.